The Balaban J connectivity index is 2.41. The summed E-state index contributed by atoms with van der Waals surface area (Å²) in [5.41, 5.74) is 9.85. The lowest BCUT2D eigenvalue weighted by atomic mass is 10.1. The van der Waals surface area contributed by atoms with E-state index in [0.717, 1.165) is 27.1 Å². The van der Waals surface area contributed by atoms with Gasteiger partial charge in [-0.25, -0.2) is 0 Å². The molecule has 0 fully saturated rings. The van der Waals surface area contributed by atoms with Gasteiger partial charge in [0.2, 0.25) is 0 Å². The van der Waals surface area contributed by atoms with Gasteiger partial charge in [-0.05, 0) is 52.7 Å². The van der Waals surface area contributed by atoms with E-state index in [1.165, 1.54) is 0 Å². The minimum absolute atomic E-state index is 0.610. The molecule has 0 saturated heterocycles. The molecule has 0 amide bonds. The summed E-state index contributed by atoms with van der Waals surface area (Å²) in [6, 6.07) is 13.3. The third kappa shape index (κ3) is 2.47. The summed E-state index contributed by atoms with van der Waals surface area (Å²) < 4.78 is 0.873. The van der Waals surface area contributed by atoms with Crippen LogP contribution in [0.3, 0.4) is 0 Å². The van der Waals surface area contributed by atoms with E-state index in [9.17, 15) is 0 Å². The molecule has 90 valence electrons. The molecule has 0 unspecified atom stereocenters. The third-order valence-corrected chi connectivity index (χ3v) is 3.33. The van der Waals surface area contributed by atoms with Crippen LogP contribution in [0.5, 0.6) is 0 Å². The van der Waals surface area contributed by atoms with Gasteiger partial charge in [0, 0.05) is 10.2 Å². The van der Waals surface area contributed by atoms with Crippen LogP contribution in [0.2, 0.25) is 0 Å². The van der Waals surface area contributed by atoms with Gasteiger partial charge in [0.15, 0.2) is 0 Å². The Morgan fingerprint density at radius 2 is 1.94 bits per heavy atom. The highest BCUT2D eigenvalue weighted by molar-refractivity contribution is 9.10. The molecule has 0 saturated carbocycles. The van der Waals surface area contributed by atoms with E-state index < -0.39 is 0 Å². The molecule has 3 N–H and O–H groups in total. The average molecular weight is 302 g/mol. The number of hydrogen-bond donors (Lipinski definition) is 2. The molecule has 0 spiro atoms. The lowest BCUT2D eigenvalue weighted by Crippen LogP contribution is -1.97. The van der Waals surface area contributed by atoms with Crippen molar-refractivity contribution in [1.29, 1.82) is 5.26 Å². The van der Waals surface area contributed by atoms with E-state index >= 15 is 0 Å². The van der Waals surface area contributed by atoms with Gasteiger partial charge >= 0.3 is 0 Å². The first-order valence-corrected chi connectivity index (χ1v) is 6.23. The number of anilines is 3. The van der Waals surface area contributed by atoms with Crippen LogP contribution < -0.4 is 11.1 Å². The number of nitrogens with two attached hydrogens (primary N) is 1. The first-order valence-electron chi connectivity index (χ1n) is 5.43. The molecule has 0 aromatic heterocycles. The van der Waals surface area contributed by atoms with Gasteiger partial charge in [-0.15, -0.1) is 0 Å². The van der Waals surface area contributed by atoms with E-state index in [-0.39, 0.29) is 0 Å². The van der Waals surface area contributed by atoms with Crippen LogP contribution in [0, 0.1) is 18.3 Å². The van der Waals surface area contributed by atoms with Crippen LogP contribution in [-0.2, 0) is 0 Å². The molecule has 18 heavy (non-hydrogen) atoms. The van der Waals surface area contributed by atoms with Gasteiger partial charge < -0.3 is 11.1 Å². The standard InChI is InChI=1S/C14H12BrN3/c1-9-6-14(11(15)7-12(9)17)18-13-5-3-2-4-10(13)8-16/h2-7,18H,17H2,1H3. The maximum atomic E-state index is 9.04. The largest absolute Gasteiger partial charge is 0.398 e. The maximum absolute atomic E-state index is 9.04. The summed E-state index contributed by atoms with van der Waals surface area (Å²) in [4.78, 5) is 0. The minimum atomic E-state index is 0.610. The van der Waals surface area contributed by atoms with Crippen LogP contribution in [0.4, 0.5) is 17.1 Å². The number of nitrogens with zero attached hydrogens (tertiary/aromatic N) is 1. The molecule has 2 aromatic carbocycles. The molecule has 2 aromatic rings. The Hall–Kier alpha value is -1.99. The van der Waals surface area contributed by atoms with E-state index in [0.29, 0.717) is 5.56 Å². The van der Waals surface area contributed by atoms with E-state index in [1.807, 2.05) is 37.3 Å². The third-order valence-electron chi connectivity index (χ3n) is 2.67. The molecule has 0 radical (unpaired) electrons. The topological polar surface area (TPSA) is 61.8 Å². The van der Waals surface area contributed by atoms with Crippen LogP contribution >= 0.6 is 15.9 Å². The minimum Gasteiger partial charge on any atom is -0.398 e. The zero-order valence-corrected chi connectivity index (χ0v) is 11.5. The first-order chi connectivity index (χ1) is 8.61. The van der Waals surface area contributed by atoms with Crippen LogP contribution in [0.1, 0.15) is 11.1 Å². The Labute approximate surface area is 114 Å². The number of para-hydroxylation sites is 1. The van der Waals surface area contributed by atoms with Gasteiger partial charge in [0.25, 0.3) is 0 Å². The fourth-order valence-corrected chi connectivity index (χ4v) is 2.09. The predicted octanol–water partition coefficient (Wildman–Crippen LogP) is 3.96. The quantitative estimate of drug-likeness (QED) is 0.826. The highest BCUT2D eigenvalue weighted by atomic mass is 79.9. The SMILES string of the molecule is Cc1cc(Nc2ccccc2C#N)c(Br)cc1N. The Bertz CT molecular complexity index is 629. The zero-order chi connectivity index (χ0) is 13.1. The molecule has 4 heteroatoms. The lowest BCUT2D eigenvalue weighted by Gasteiger charge is -2.12. The normalized spacial score (nSPS) is 9.83. The second-order valence-electron chi connectivity index (χ2n) is 3.97. The number of nitrogen functional groups attached to an aromatic ring is 1. The van der Waals surface area contributed by atoms with Crippen LogP contribution in [-0.4, -0.2) is 0 Å². The fraction of sp³-hybridized carbons (Fsp3) is 0.0714. The van der Waals surface area contributed by atoms with Crippen molar-refractivity contribution in [3.63, 3.8) is 0 Å². The van der Waals surface area contributed by atoms with Crippen molar-refractivity contribution in [1.82, 2.24) is 0 Å². The Morgan fingerprint density at radius 3 is 2.67 bits per heavy atom. The Kier molecular flexibility index (Phi) is 3.54. The van der Waals surface area contributed by atoms with Crippen molar-refractivity contribution in [2.75, 3.05) is 11.1 Å². The van der Waals surface area contributed by atoms with Gasteiger partial charge in [-0.1, -0.05) is 12.1 Å². The van der Waals surface area contributed by atoms with Crippen molar-refractivity contribution in [2.45, 2.75) is 6.92 Å². The smallest absolute Gasteiger partial charge is 0.101 e. The van der Waals surface area contributed by atoms with Crippen LogP contribution in [0.15, 0.2) is 40.9 Å². The second kappa shape index (κ2) is 5.11. The summed E-state index contributed by atoms with van der Waals surface area (Å²) in [6.45, 7) is 1.95. The highest BCUT2D eigenvalue weighted by Gasteiger charge is 2.06. The lowest BCUT2D eigenvalue weighted by molar-refractivity contribution is 1.42. The Morgan fingerprint density at radius 1 is 1.22 bits per heavy atom. The fourth-order valence-electron chi connectivity index (χ4n) is 1.63. The van der Waals surface area contributed by atoms with E-state index in [4.69, 9.17) is 11.0 Å². The molecule has 0 aliphatic rings. The molecule has 0 atom stereocenters. The molecule has 0 heterocycles. The molecular formula is C14H12BrN3. The monoisotopic (exact) mass is 301 g/mol. The van der Waals surface area contributed by atoms with E-state index in [1.54, 1.807) is 6.07 Å². The highest BCUT2D eigenvalue weighted by Crippen LogP contribution is 2.31. The summed E-state index contributed by atoms with van der Waals surface area (Å²) in [5, 5.41) is 12.3. The number of nitrogens with one attached hydrogen (secondary N) is 1. The molecule has 0 aliphatic heterocycles. The number of aryl methyl sites for hydroxylation is 1. The molecular weight excluding hydrogens is 290 g/mol. The maximum Gasteiger partial charge on any atom is 0.101 e. The van der Waals surface area contributed by atoms with Crippen LogP contribution in [0.25, 0.3) is 0 Å². The molecule has 3 nitrogen and oxygen atoms in total. The molecule has 0 bridgehead atoms. The predicted molar refractivity (Wildman–Crippen MR) is 77.7 cm³/mol. The summed E-state index contributed by atoms with van der Waals surface area (Å²) in [5.74, 6) is 0. The van der Waals surface area contributed by atoms with Gasteiger partial charge in [0.05, 0.1) is 16.9 Å². The number of hydrogen-bond acceptors (Lipinski definition) is 3. The first kappa shape index (κ1) is 12.5. The van der Waals surface area contributed by atoms with E-state index in [2.05, 4.69) is 27.3 Å². The van der Waals surface area contributed by atoms with Crippen molar-refractivity contribution in [3.8, 4) is 6.07 Å². The number of rotatable bonds is 2. The van der Waals surface area contributed by atoms with Crippen molar-refractivity contribution < 1.29 is 0 Å². The van der Waals surface area contributed by atoms with Crippen molar-refractivity contribution >= 4 is 33.0 Å². The summed E-state index contributed by atoms with van der Waals surface area (Å²) >= 11 is 3.46. The second-order valence-corrected chi connectivity index (χ2v) is 4.83. The van der Waals surface area contributed by atoms with Crippen molar-refractivity contribution in [3.05, 3.63) is 52.0 Å². The van der Waals surface area contributed by atoms with Crippen molar-refractivity contribution in [2.24, 2.45) is 0 Å². The average Bonchev–Trinajstić information content (AvgIpc) is 2.36. The van der Waals surface area contributed by atoms with Gasteiger partial charge in [-0.3, -0.25) is 0 Å². The summed E-state index contributed by atoms with van der Waals surface area (Å²) in [7, 11) is 0. The zero-order valence-electron chi connectivity index (χ0n) is 9.87. The molecule has 0 aliphatic carbocycles. The number of nitriles is 1. The number of benzene rings is 2. The molecule has 2 rings (SSSR count). The summed E-state index contributed by atoms with van der Waals surface area (Å²) in [6.07, 6.45) is 0. The van der Waals surface area contributed by atoms with Gasteiger partial charge in [-0.2, -0.15) is 5.26 Å². The number of halogens is 1. The van der Waals surface area contributed by atoms with Gasteiger partial charge in [0.1, 0.15) is 6.07 Å².